The van der Waals surface area contributed by atoms with Gasteiger partial charge in [-0.05, 0) is 17.7 Å². The van der Waals surface area contributed by atoms with E-state index in [1.54, 1.807) is 6.20 Å². The highest BCUT2D eigenvalue weighted by Crippen LogP contribution is 2.29. The van der Waals surface area contributed by atoms with Crippen LogP contribution in [0, 0.1) is 0 Å². The number of hydrogen-bond donors (Lipinski definition) is 4. The molecular weight excluding hydrogens is 314 g/mol. The van der Waals surface area contributed by atoms with Gasteiger partial charge in [0.05, 0.1) is 6.04 Å². The first-order chi connectivity index (χ1) is 12.3. The molecule has 4 rings (SSSR count). The van der Waals surface area contributed by atoms with Crippen molar-refractivity contribution in [3.05, 3.63) is 65.5 Å². The summed E-state index contributed by atoms with van der Waals surface area (Å²) in [5.74, 6) is -0.123. The van der Waals surface area contributed by atoms with Crippen molar-refractivity contribution >= 4 is 28.7 Å². The minimum absolute atomic E-state index is 0.123. The molecule has 1 amide bonds. The first-order valence-electron chi connectivity index (χ1n) is 8.22. The Balaban J connectivity index is 1.61. The average Bonchev–Trinajstić information content (AvgIpc) is 2.96. The summed E-state index contributed by atoms with van der Waals surface area (Å²) in [6.07, 6.45) is 5.52. The molecule has 1 aliphatic heterocycles. The lowest BCUT2D eigenvalue weighted by Crippen LogP contribution is -2.35. The van der Waals surface area contributed by atoms with Crippen molar-refractivity contribution < 1.29 is 4.79 Å². The van der Waals surface area contributed by atoms with E-state index in [-0.39, 0.29) is 11.9 Å². The minimum atomic E-state index is -0.215. The maximum absolute atomic E-state index is 12.8. The highest BCUT2D eigenvalue weighted by atomic mass is 16.1. The summed E-state index contributed by atoms with van der Waals surface area (Å²) >= 11 is 0. The van der Waals surface area contributed by atoms with Crippen molar-refractivity contribution in [1.82, 2.24) is 15.3 Å². The lowest BCUT2D eigenvalue weighted by atomic mass is 10.1. The van der Waals surface area contributed by atoms with E-state index < -0.39 is 0 Å². The van der Waals surface area contributed by atoms with Crippen LogP contribution in [0.3, 0.4) is 0 Å². The first-order valence-corrected chi connectivity index (χ1v) is 8.22. The Morgan fingerprint density at radius 2 is 2.12 bits per heavy atom. The molecule has 3 aromatic rings. The van der Waals surface area contributed by atoms with Gasteiger partial charge in [0.1, 0.15) is 5.65 Å². The third-order valence-electron chi connectivity index (χ3n) is 4.44. The van der Waals surface area contributed by atoms with Crippen molar-refractivity contribution in [3.8, 4) is 0 Å². The Kier molecular flexibility index (Phi) is 3.95. The zero-order chi connectivity index (χ0) is 17.2. The lowest BCUT2D eigenvalue weighted by Gasteiger charge is -2.18. The molecule has 0 radical (unpaired) electrons. The van der Waals surface area contributed by atoms with Crippen molar-refractivity contribution in [1.29, 1.82) is 0 Å². The van der Waals surface area contributed by atoms with E-state index in [1.807, 2.05) is 48.7 Å². The SMILES string of the molecule is NC[C@@H](NC(=O)C1=Cc2c[nH]c3nccc(c23)NC1)c1ccccc1. The van der Waals surface area contributed by atoms with E-state index in [0.29, 0.717) is 18.7 Å². The number of carbonyl (C=O) groups is 1. The maximum Gasteiger partial charge on any atom is 0.249 e. The number of H-pyrrole nitrogens is 1. The quantitative estimate of drug-likeness (QED) is 0.588. The average molecular weight is 333 g/mol. The Morgan fingerprint density at radius 1 is 1.28 bits per heavy atom. The molecule has 0 saturated heterocycles. The second-order valence-electron chi connectivity index (χ2n) is 6.02. The van der Waals surface area contributed by atoms with Crippen LogP contribution in [-0.2, 0) is 4.79 Å². The highest BCUT2D eigenvalue weighted by Gasteiger charge is 2.20. The van der Waals surface area contributed by atoms with Crippen LogP contribution in [-0.4, -0.2) is 29.0 Å². The molecule has 1 aliphatic rings. The smallest absolute Gasteiger partial charge is 0.249 e. The normalized spacial score (nSPS) is 14.4. The largest absolute Gasteiger partial charge is 0.380 e. The fourth-order valence-electron chi connectivity index (χ4n) is 3.13. The van der Waals surface area contributed by atoms with Gasteiger partial charge in [-0.15, -0.1) is 0 Å². The summed E-state index contributed by atoms with van der Waals surface area (Å²) < 4.78 is 0. The predicted octanol–water partition coefficient (Wildman–Crippen LogP) is 2.19. The molecule has 0 aliphatic carbocycles. The number of aromatic nitrogens is 2. The molecule has 0 bridgehead atoms. The number of rotatable bonds is 4. The minimum Gasteiger partial charge on any atom is -0.380 e. The molecule has 0 spiro atoms. The van der Waals surface area contributed by atoms with E-state index in [4.69, 9.17) is 5.73 Å². The van der Waals surface area contributed by atoms with Gasteiger partial charge in [0.15, 0.2) is 0 Å². The number of pyridine rings is 1. The zero-order valence-electron chi connectivity index (χ0n) is 13.6. The summed E-state index contributed by atoms with van der Waals surface area (Å²) in [6.45, 7) is 0.792. The third-order valence-corrected chi connectivity index (χ3v) is 4.44. The van der Waals surface area contributed by atoms with Crippen molar-refractivity contribution in [2.24, 2.45) is 5.73 Å². The fraction of sp³-hybridized carbons (Fsp3) is 0.158. The molecule has 5 N–H and O–H groups in total. The van der Waals surface area contributed by atoms with Crippen LogP contribution in [0.25, 0.3) is 17.1 Å². The molecule has 1 aromatic carbocycles. The topological polar surface area (TPSA) is 95.8 Å². The highest BCUT2D eigenvalue weighted by molar-refractivity contribution is 6.05. The number of nitrogens with two attached hydrogens (primary N) is 1. The Hall–Kier alpha value is -3.12. The molecular formula is C19H19N5O. The molecule has 0 saturated carbocycles. The number of carbonyl (C=O) groups excluding carboxylic acids is 1. The van der Waals surface area contributed by atoms with Crippen molar-refractivity contribution in [2.75, 3.05) is 18.4 Å². The van der Waals surface area contributed by atoms with Gasteiger partial charge in [-0.1, -0.05) is 30.3 Å². The van der Waals surface area contributed by atoms with Gasteiger partial charge in [0.2, 0.25) is 5.91 Å². The second kappa shape index (κ2) is 6.41. The van der Waals surface area contributed by atoms with Crippen molar-refractivity contribution in [2.45, 2.75) is 6.04 Å². The van der Waals surface area contributed by atoms with Gasteiger partial charge >= 0.3 is 0 Å². The van der Waals surface area contributed by atoms with Crippen LogP contribution in [0.1, 0.15) is 17.2 Å². The van der Waals surface area contributed by atoms with E-state index in [0.717, 1.165) is 27.8 Å². The molecule has 25 heavy (non-hydrogen) atoms. The van der Waals surface area contributed by atoms with Crippen LogP contribution in [0.4, 0.5) is 5.69 Å². The van der Waals surface area contributed by atoms with E-state index >= 15 is 0 Å². The summed E-state index contributed by atoms with van der Waals surface area (Å²) in [6, 6.07) is 11.5. The maximum atomic E-state index is 12.8. The number of amides is 1. The number of nitrogens with zero attached hydrogens (tertiary/aromatic N) is 1. The second-order valence-corrected chi connectivity index (χ2v) is 6.02. The van der Waals surface area contributed by atoms with Crippen LogP contribution < -0.4 is 16.4 Å². The number of anilines is 1. The summed E-state index contributed by atoms with van der Waals surface area (Å²) in [5, 5.41) is 7.35. The van der Waals surface area contributed by atoms with E-state index in [1.165, 1.54) is 0 Å². The Morgan fingerprint density at radius 3 is 2.92 bits per heavy atom. The van der Waals surface area contributed by atoms with Gasteiger partial charge in [-0.2, -0.15) is 0 Å². The number of aromatic amines is 1. The Labute approximate surface area is 145 Å². The molecule has 6 heteroatoms. The van der Waals surface area contributed by atoms with E-state index in [9.17, 15) is 4.79 Å². The van der Waals surface area contributed by atoms with Gasteiger partial charge in [0, 0.05) is 47.7 Å². The number of nitrogens with one attached hydrogen (secondary N) is 3. The molecule has 6 nitrogen and oxygen atoms in total. The molecule has 2 aromatic heterocycles. The van der Waals surface area contributed by atoms with Crippen LogP contribution in [0.15, 0.2) is 54.4 Å². The van der Waals surface area contributed by atoms with Crippen molar-refractivity contribution in [3.63, 3.8) is 0 Å². The molecule has 0 unspecified atom stereocenters. The Bertz CT molecular complexity index is 945. The van der Waals surface area contributed by atoms with Gasteiger partial charge < -0.3 is 21.4 Å². The van der Waals surface area contributed by atoms with Gasteiger partial charge in [-0.25, -0.2) is 4.98 Å². The number of benzene rings is 1. The van der Waals surface area contributed by atoms with Crippen LogP contribution in [0.2, 0.25) is 0 Å². The third kappa shape index (κ3) is 2.88. The standard InChI is InChI=1S/C19H19N5O/c20-9-16(12-4-2-1-3-5-12)24-19(25)14-8-13-10-23-18-17(13)15(22-11-14)6-7-21-18/h1-8,10,16,22H,9,11,20H2,(H,21,23)(H,24,25)/t16-/m1/s1. The van der Waals surface area contributed by atoms with Gasteiger partial charge in [0.25, 0.3) is 0 Å². The monoisotopic (exact) mass is 333 g/mol. The summed E-state index contributed by atoms with van der Waals surface area (Å²) in [5.41, 5.74) is 10.3. The van der Waals surface area contributed by atoms with Gasteiger partial charge in [-0.3, -0.25) is 4.79 Å². The van der Waals surface area contributed by atoms with E-state index in [2.05, 4.69) is 20.6 Å². The molecule has 126 valence electrons. The molecule has 1 atom stereocenters. The molecule has 0 fully saturated rings. The summed E-state index contributed by atoms with van der Waals surface area (Å²) in [7, 11) is 0. The lowest BCUT2D eigenvalue weighted by molar-refractivity contribution is -0.118. The predicted molar refractivity (Wildman–Crippen MR) is 98.9 cm³/mol. The molecule has 3 heterocycles. The first kappa shape index (κ1) is 15.4. The van der Waals surface area contributed by atoms with Crippen LogP contribution >= 0.6 is 0 Å². The zero-order valence-corrected chi connectivity index (χ0v) is 13.6. The fourth-order valence-corrected chi connectivity index (χ4v) is 3.13. The summed E-state index contributed by atoms with van der Waals surface area (Å²) in [4.78, 5) is 20.2. The van der Waals surface area contributed by atoms with Crippen LogP contribution in [0.5, 0.6) is 0 Å². The number of hydrogen-bond acceptors (Lipinski definition) is 4.